The Kier molecular flexibility index (Phi) is 5.65. The Morgan fingerprint density at radius 1 is 1.32 bits per heavy atom. The fourth-order valence-corrected chi connectivity index (χ4v) is 2.51. The summed E-state index contributed by atoms with van der Waals surface area (Å²) in [5.41, 5.74) is 3.68. The molecule has 1 rings (SSSR count). The highest BCUT2D eigenvalue weighted by Crippen LogP contribution is 2.29. The van der Waals surface area contributed by atoms with Crippen LogP contribution in [-0.2, 0) is 0 Å². The lowest BCUT2D eigenvalue weighted by molar-refractivity contribution is 0.0909. The number of hydrogen-bond acceptors (Lipinski definition) is 6. The molecule has 0 bridgehead atoms. The maximum atomic E-state index is 5.75. The summed E-state index contributed by atoms with van der Waals surface area (Å²) in [6.07, 6.45) is 3.50. The Hall–Kier alpha value is -1.24. The molecule has 0 aliphatic heterocycles. The van der Waals surface area contributed by atoms with Crippen LogP contribution in [0.5, 0.6) is 6.01 Å². The van der Waals surface area contributed by atoms with Crippen molar-refractivity contribution >= 4 is 0 Å². The quantitative estimate of drug-likeness (QED) is 0.569. The minimum Gasteiger partial charge on any atom is -0.467 e. The lowest BCUT2D eigenvalue weighted by Crippen LogP contribution is -2.54. The summed E-state index contributed by atoms with van der Waals surface area (Å²) in [5, 5.41) is 0. The molecule has 0 radical (unpaired) electrons. The minimum atomic E-state index is -0.143. The molecule has 0 aromatic carbocycles. The van der Waals surface area contributed by atoms with Crippen molar-refractivity contribution in [3.8, 4) is 6.01 Å². The van der Waals surface area contributed by atoms with Gasteiger partial charge in [0, 0.05) is 23.5 Å². The highest BCUT2D eigenvalue weighted by Gasteiger charge is 2.34. The van der Waals surface area contributed by atoms with Crippen LogP contribution < -0.4 is 16.0 Å². The molecule has 3 N–H and O–H groups in total. The number of nitrogens with one attached hydrogen (secondary N) is 1. The summed E-state index contributed by atoms with van der Waals surface area (Å²) in [5.74, 6) is 5.75. The van der Waals surface area contributed by atoms with E-state index in [0.717, 1.165) is 18.7 Å². The summed E-state index contributed by atoms with van der Waals surface area (Å²) in [6, 6.07) is 0.304. The zero-order valence-electron chi connectivity index (χ0n) is 12.5. The first-order valence-electron chi connectivity index (χ1n) is 6.58. The van der Waals surface area contributed by atoms with E-state index in [1.807, 2.05) is 0 Å². The van der Waals surface area contributed by atoms with E-state index in [9.17, 15) is 0 Å². The van der Waals surface area contributed by atoms with E-state index in [2.05, 4.69) is 48.0 Å². The molecular formula is C13H25N5O. The van der Waals surface area contributed by atoms with Crippen LogP contribution in [0.2, 0.25) is 0 Å². The standard InChI is InChI=1S/C13H25N5O/c1-6-18(7-2)13(3,4)11(17-14)10-8-15-12(19-5)16-9-10/h8-9,11,17H,6-7,14H2,1-5H3. The number of likely N-dealkylation sites (N-methyl/N-ethyl adjacent to an activating group) is 1. The van der Waals surface area contributed by atoms with E-state index in [1.54, 1.807) is 19.5 Å². The van der Waals surface area contributed by atoms with Crippen LogP contribution in [0, 0.1) is 0 Å². The number of rotatable bonds is 7. The SMILES string of the molecule is CCN(CC)C(C)(C)C(NN)c1cnc(OC)nc1. The molecule has 6 nitrogen and oxygen atoms in total. The second-order valence-corrected chi connectivity index (χ2v) is 4.93. The number of hydrogen-bond donors (Lipinski definition) is 2. The highest BCUT2D eigenvalue weighted by molar-refractivity contribution is 5.17. The third kappa shape index (κ3) is 3.40. The predicted octanol–water partition coefficient (Wildman–Crippen LogP) is 1.11. The van der Waals surface area contributed by atoms with E-state index in [-0.39, 0.29) is 11.6 Å². The lowest BCUT2D eigenvalue weighted by atomic mass is 9.88. The van der Waals surface area contributed by atoms with Gasteiger partial charge in [0.2, 0.25) is 0 Å². The summed E-state index contributed by atoms with van der Waals surface area (Å²) in [7, 11) is 1.55. The average Bonchev–Trinajstić information content (AvgIpc) is 2.41. The highest BCUT2D eigenvalue weighted by atomic mass is 16.5. The fourth-order valence-electron chi connectivity index (χ4n) is 2.51. The second kappa shape index (κ2) is 6.79. The molecule has 6 heteroatoms. The van der Waals surface area contributed by atoms with Crippen molar-refractivity contribution in [2.45, 2.75) is 39.3 Å². The summed E-state index contributed by atoms with van der Waals surface area (Å²) >= 11 is 0. The summed E-state index contributed by atoms with van der Waals surface area (Å²) < 4.78 is 4.97. The third-order valence-electron chi connectivity index (χ3n) is 3.62. The topological polar surface area (TPSA) is 76.3 Å². The molecule has 1 unspecified atom stereocenters. The monoisotopic (exact) mass is 267 g/mol. The van der Waals surface area contributed by atoms with Crippen molar-refractivity contribution in [1.82, 2.24) is 20.3 Å². The maximum absolute atomic E-state index is 5.75. The van der Waals surface area contributed by atoms with E-state index in [4.69, 9.17) is 10.6 Å². The smallest absolute Gasteiger partial charge is 0.316 e. The Labute approximate surface area is 115 Å². The zero-order chi connectivity index (χ0) is 14.5. The van der Waals surface area contributed by atoms with Crippen LogP contribution in [0.15, 0.2) is 12.4 Å². The number of methoxy groups -OCH3 is 1. The zero-order valence-corrected chi connectivity index (χ0v) is 12.5. The Morgan fingerprint density at radius 2 is 1.84 bits per heavy atom. The van der Waals surface area contributed by atoms with Gasteiger partial charge in [-0.05, 0) is 26.9 Å². The molecule has 0 saturated carbocycles. The molecule has 0 saturated heterocycles. The van der Waals surface area contributed by atoms with Crippen LogP contribution in [0.4, 0.5) is 0 Å². The van der Waals surface area contributed by atoms with Crippen molar-refractivity contribution in [3.63, 3.8) is 0 Å². The molecule has 0 spiro atoms. The van der Waals surface area contributed by atoms with Crippen molar-refractivity contribution in [2.24, 2.45) is 5.84 Å². The van der Waals surface area contributed by atoms with E-state index >= 15 is 0 Å². The van der Waals surface area contributed by atoms with Crippen LogP contribution in [0.3, 0.4) is 0 Å². The number of nitrogens with two attached hydrogens (primary N) is 1. The first-order valence-corrected chi connectivity index (χ1v) is 6.58. The molecule has 1 heterocycles. The molecule has 1 atom stereocenters. The van der Waals surface area contributed by atoms with Gasteiger partial charge in [-0.1, -0.05) is 13.8 Å². The third-order valence-corrected chi connectivity index (χ3v) is 3.62. The molecule has 19 heavy (non-hydrogen) atoms. The van der Waals surface area contributed by atoms with Gasteiger partial charge in [-0.15, -0.1) is 0 Å². The van der Waals surface area contributed by atoms with Gasteiger partial charge < -0.3 is 4.74 Å². The Balaban J connectivity index is 3.03. The van der Waals surface area contributed by atoms with Crippen molar-refractivity contribution < 1.29 is 4.74 Å². The van der Waals surface area contributed by atoms with Crippen LogP contribution in [-0.4, -0.2) is 40.6 Å². The van der Waals surface area contributed by atoms with Crippen LogP contribution in [0.1, 0.15) is 39.3 Å². The molecule has 0 amide bonds. The van der Waals surface area contributed by atoms with Crippen LogP contribution >= 0.6 is 0 Å². The normalized spacial score (nSPS) is 13.6. The average molecular weight is 267 g/mol. The van der Waals surface area contributed by atoms with Gasteiger partial charge in [0.25, 0.3) is 0 Å². The second-order valence-electron chi connectivity index (χ2n) is 4.93. The molecule has 1 aromatic heterocycles. The van der Waals surface area contributed by atoms with Crippen molar-refractivity contribution in [2.75, 3.05) is 20.2 Å². The van der Waals surface area contributed by atoms with Crippen LogP contribution in [0.25, 0.3) is 0 Å². The lowest BCUT2D eigenvalue weighted by Gasteiger charge is -2.43. The maximum Gasteiger partial charge on any atom is 0.316 e. The largest absolute Gasteiger partial charge is 0.467 e. The van der Waals surface area contributed by atoms with Gasteiger partial charge in [-0.3, -0.25) is 16.2 Å². The van der Waals surface area contributed by atoms with Gasteiger partial charge in [0.15, 0.2) is 0 Å². The number of nitrogens with zero attached hydrogens (tertiary/aromatic N) is 3. The first-order chi connectivity index (χ1) is 9.01. The number of hydrazine groups is 1. The Bertz CT molecular complexity index is 375. The van der Waals surface area contributed by atoms with Gasteiger partial charge in [-0.25, -0.2) is 9.97 Å². The molecule has 0 fully saturated rings. The van der Waals surface area contributed by atoms with Gasteiger partial charge in [-0.2, -0.15) is 0 Å². The summed E-state index contributed by atoms with van der Waals surface area (Å²) in [6.45, 7) is 10.5. The minimum absolute atomic E-state index is 0.0571. The molecule has 1 aromatic rings. The van der Waals surface area contributed by atoms with E-state index < -0.39 is 0 Å². The molecule has 0 aliphatic rings. The molecular weight excluding hydrogens is 242 g/mol. The number of ether oxygens (including phenoxy) is 1. The first kappa shape index (κ1) is 15.8. The number of aromatic nitrogens is 2. The molecule has 108 valence electrons. The van der Waals surface area contributed by atoms with E-state index in [0.29, 0.717) is 6.01 Å². The van der Waals surface area contributed by atoms with Crippen molar-refractivity contribution in [3.05, 3.63) is 18.0 Å². The Morgan fingerprint density at radius 3 is 2.21 bits per heavy atom. The fraction of sp³-hybridized carbons (Fsp3) is 0.692. The van der Waals surface area contributed by atoms with E-state index in [1.165, 1.54) is 0 Å². The molecule has 0 aliphatic carbocycles. The van der Waals surface area contributed by atoms with Gasteiger partial charge in [0.05, 0.1) is 13.2 Å². The van der Waals surface area contributed by atoms with Gasteiger partial charge in [0.1, 0.15) is 0 Å². The predicted molar refractivity (Wildman–Crippen MR) is 75.6 cm³/mol. The van der Waals surface area contributed by atoms with Crippen molar-refractivity contribution in [1.29, 1.82) is 0 Å². The van der Waals surface area contributed by atoms with Gasteiger partial charge >= 0.3 is 6.01 Å². The summed E-state index contributed by atoms with van der Waals surface area (Å²) in [4.78, 5) is 10.6.